The van der Waals surface area contributed by atoms with Gasteiger partial charge in [0.2, 0.25) is 0 Å². The van der Waals surface area contributed by atoms with E-state index in [1.54, 1.807) is 0 Å². The first-order valence-electron chi connectivity index (χ1n) is 6.25. The van der Waals surface area contributed by atoms with E-state index in [-0.39, 0.29) is 5.54 Å². The molecule has 0 aromatic carbocycles. The Morgan fingerprint density at radius 3 is 2.75 bits per heavy atom. The van der Waals surface area contributed by atoms with Crippen molar-refractivity contribution < 1.29 is 0 Å². The molecule has 1 N–H and O–H groups in total. The molecule has 1 aromatic rings. The normalized spacial score (nSPS) is 16.4. The minimum atomic E-state index is 0.210. The molecule has 0 saturated heterocycles. The van der Waals surface area contributed by atoms with Crippen molar-refractivity contribution in [2.75, 3.05) is 6.54 Å². The average Bonchev–Trinajstić information content (AvgIpc) is 3.00. The van der Waals surface area contributed by atoms with Gasteiger partial charge in [-0.1, -0.05) is 6.07 Å². The van der Waals surface area contributed by atoms with Gasteiger partial charge < -0.3 is 5.32 Å². The van der Waals surface area contributed by atoms with Crippen molar-refractivity contribution in [3.05, 3.63) is 29.6 Å². The zero-order valence-electron chi connectivity index (χ0n) is 10.6. The van der Waals surface area contributed by atoms with E-state index in [0.29, 0.717) is 0 Å². The first kappa shape index (κ1) is 11.6. The van der Waals surface area contributed by atoms with E-state index < -0.39 is 0 Å². The van der Waals surface area contributed by atoms with Gasteiger partial charge in [-0.3, -0.25) is 4.98 Å². The molecule has 0 bridgehead atoms. The van der Waals surface area contributed by atoms with Gasteiger partial charge >= 0.3 is 0 Å². The van der Waals surface area contributed by atoms with Crippen molar-refractivity contribution in [1.82, 2.24) is 10.3 Å². The number of nitrogens with zero attached hydrogens (tertiary/aromatic N) is 1. The molecular formula is C14H22N2. The van der Waals surface area contributed by atoms with Crippen molar-refractivity contribution in [2.24, 2.45) is 0 Å². The van der Waals surface area contributed by atoms with E-state index in [0.717, 1.165) is 18.9 Å². The Kier molecular flexibility index (Phi) is 3.29. The lowest BCUT2D eigenvalue weighted by molar-refractivity contribution is 0.429. The summed E-state index contributed by atoms with van der Waals surface area (Å²) in [5, 5.41) is 3.53. The summed E-state index contributed by atoms with van der Waals surface area (Å²) in [5.41, 5.74) is 2.99. The molecule has 2 rings (SSSR count). The number of hydrogen-bond acceptors (Lipinski definition) is 2. The van der Waals surface area contributed by atoms with Crippen LogP contribution in [0.25, 0.3) is 0 Å². The number of hydrogen-bond donors (Lipinski definition) is 1. The summed E-state index contributed by atoms with van der Waals surface area (Å²) in [6.45, 7) is 7.66. The fourth-order valence-corrected chi connectivity index (χ4v) is 1.96. The number of nitrogens with one attached hydrogen (secondary N) is 1. The third-order valence-electron chi connectivity index (χ3n) is 2.94. The molecule has 2 nitrogen and oxygen atoms in total. The van der Waals surface area contributed by atoms with Crippen molar-refractivity contribution in [3.8, 4) is 0 Å². The predicted octanol–water partition coefficient (Wildman–Crippen LogP) is 2.89. The highest BCUT2D eigenvalue weighted by Crippen LogP contribution is 2.40. The smallest absolute Gasteiger partial charge is 0.0466 e. The molecule has 1 aliphatic carbocycles. The number of pyridine rings is 1. The Balaban J connectivity index is 1.93. The molecule has 0 amide bonds. The van der Waals surface area contributed by atoms with Crippen LogP contribution in [0.3, 0.4) is 0 Å². The maximum Gasteiger partial charge on any atom is 0.0466 e. The third kappa shape index (κ3) is 3.31. The Hall–Kier alpha value is -0.890. The van der Waals surface area contributed by atoms with E-state index >= 15 is 0 Å². The molecule has 0 spiro atoms. The highest BCUT2D eigenvalue weighted by Gasteiger charge is 2.26. The van der Waals surface area contributed by atoms with E-state index in [4.69, 9.17) is 0 Å². The van der Waals surface area contributed by atoms with E-state index in [9.17, 15) is 0 Å². The Labute approximate surface area is 98.5 Å². The largest absolute Gasteiger partial charge is 0.312 e. The fraction of sp³-hybridized carbons (Fsp3) is 0.643. The lowest BCUT2D eigenvalue weighted by Crippen LogP contribution is -2.37. The molecule has 0 aliphatic heterocycles. The molecule has 2 heteroatoms. The van der Waals surface area contributed by atoms with E-state index in [1.807, 2.05) is 6.20 Å². The average molecular weight is 218 g/mol. The summed E-state index contributed by atoms with van der Waals surface area (Å²) < 4.78 is 0. The Bertz CT molecular complexity index is 348. The fourth-order valence-electron chi connectivity index (χ4n) is 1.96. The first-order valence-corrected chi connectivity index (χ1v) is 6.25. The van der Waals surface area contributed by atoms with E-state index in [2.05, 4.69) is 43.2 Å². The van der Waals surface area contributed by atoms with Gasteiger partial charge in [0, 0.05) is 23.3 Å². The zero-order valence-corrected chi connectivity index (χ0v) is 10.6. The standard InChI is InChI=1S/C14H22N2/c1-14(2,3)16-10-8-11-5-4-9-15-13(11)12-6-7-12/h4-5,9,12,16H,6-8,10H2,1-3H3. The van der Waals surface area contributed by atoms with Gasteiger partial charge in [-0.05, 0) is 58.2 Å². The molecule has 88 valence electrons. The molecule has 0 radical (unpaired) electrons. The van der Waals surface area contributed by atoms with Crippen molar-refractivity contribution >= 4 is 0 Å². The quantitative estimate of drug-likeness (QED) is 0.840. The van der Waals surface area contributed by atoms with Gasteiger partial charge in [0.05, 0.1) is 0 Å². The molecule has 1 aliphatic rings. The molecule has 0 unspecified atom stereocenters. The Morgan fingerprint density at radius 1 is 1.38 bits per heavy atom. The van der Waals surface area contributed by atoms with Crippen LogP contribution in [0.5, 0.6) is 0 Å². The summed E-state index contributed by atoms with van der Waals surface area (Å²) in [6, 6.07) is 4.28. The molecule has 1 saturated carbocycles. The topological polar surface area (TPSA) is 24.9 Å². The molecule has 0 atom stereocenters. The number of aromatic nitrogens is 1. The van der Waals surface area contributed by atoms with Crippen LogP contribution in [0, 0.1) is 0 Å². The molecule has 1 heterocycles. The predicted molar refractivity (Wildman–Crippen MR) is 67.7 cm³/mol. The molecular weight excluding hydrogens is 196 g/mol. The van der Waals surface area contributed by atoms with Crippen LogP contribution in [0.2, 0.25) is 0 Å². The summed E-state index contributed by atoms with van der Waals surface area (Å²) in [7, 11) is 0. The summed E-state index contributed by atoms with van der Waals surface area (Å²) >= 11 is 0. The molecule has 16 heavy (non-hydrogen) atoms. The monoisotopic (exact) mass is 218 g/mol. The maximum atomic E-state index is 4.53. The van der Waals surface area contributed by atoms with Gasteiger partial charge in [-0.25, -0.2) is 0 Å². The van der Waals surface area contributed by atoms with Crippen LogP contribution in [-0.4, -0.2) is 17.1 Å². The Morgan fingerprint density at radius 2 is 2.12 bits per heavy atom. The summed E-state index contributed by atoms with van der Waals surface area (Å²) in [5.74, 6) is 0.755. The van der Waals surface area contributed by atoms with Gasteiger partial charge in [0.1, 0.15) is 0 Å². The second-order valence-corrected chi connectivity index (χ2v) is 5.75. The SMILES string of the molecule is CC(C)(C)NCCc1cccnc1C1CC1. The zero-order chi connectivity index (χ0) is 11.6. The van der Waals surface area contributed by atoms with Gasteiger partial charge in [0.15, 0.2) is 0 Å². The van der Waals surface area contributed by atoms with Crippen molar-refractivity contribution in [2.45, 2.75) is 51.5 Å². The summed E-state index contributed by atoms with van der Waals surface area (Å²) in [4.78, 5) is 4.53. The van der Waals surface area contributed by atoms with Gasteiger partial charge in [0.25, 0.3) is 0 Å². The third-order valence-corrected chi connectivity index (χ3v) is 2.94. The van der Waals surface area contributed by atoms with Crippen molar-refractivity contribution in [3.63, 3.8) is 0 Å². The molecule has 1 aromatic heterocycles. The minimum absolute atomic E-state index is 0.210. The van der Waals surface area contributed by atoms with Crippen LogP contribution >= 0.6 is 0 Å². The highest BCUT2D eigenvalue weighted by atomic mass is 14.9. The van der Waals surface area contributed by atoms with Crippen LogP contribution < -0.4 is 5.32 Å². The second-order valence-electron chi connectivity index (χ2n) is 5.75. The second kappa shape index (κ2) is 4.54. The first-order chi connectivity index (χ1) is 7.56. The van der Waals surface area contributed by atoms with Crippen LogP contribution in [0.1, 0.15) is 50.8 Å². The van der Waals surface area contributed by atoms with Crippen LogP contribution in [0.15, 0.2) is 18.3 Å². The number of rotatable bonds is 4. The van der Waals surface area contributed by atoms with Crippen LogP contribution in [0.4, 0.5) is 0 Å². The molecule has 1 fully saturated rings. The summed E-state index contributed by atoms with van der Waals surface area (Å²) in [6.07, 6.45) is 5.68. The minimum Gasteiger partial charge on any atom is -0.312 e. The highest BCUT2D eigenvalue weighted by molar-refractivity contribution is 5.26. The lowest BCUT2D eigenvalue weighted by atomic mass is 10.1. The van der Waals surface area contributed by atoms with Gasteiger partial charge in [-0.15, -0.1) is 0 Å². The van der Waals surface area contributed by atoms with E-state index in [1.165, 1.54) is 24.1 Å². The van der Waals surface area contributed by atoms with Crippen LogP contribution in [-0.2, 0) is 6.42 Å². The van der Waals surface area contributed by atoms with Gasteiger partial charge in [-0.2, -0.15) is 0 Å². The van der Waals surface area contributed by atoms with Crippen molar-refractivity contribution in [1.29, 1.82) is 0 Å². The maximum absolute atomic E-state index is 4.53. The lowest BCUT2D eigenvalue weighted by Gasteiger charge is -2.20.